The number of morpholine rings is 1. The molecule has 1 aromatic heterocycles. The molecule has 2 rings (SSSR count). The Morgan fingerprint density at radius 2 is 2.55 bits per heavy atom. The first kappa shape index (κ1) is 15.9. The zero-order valence-corrected chi connectivity index (χ0v) is 12.8. The van der Waals surface area contributed by atoms with Crippen LogP contribution in [0.15, 0.2) is 17.5 Å². The Morgan fingerprint density at radius 1 is 1.65 bits per heavy atom. The number of rotatable bonds is 8. The van der Waals surface area contributed by atoms with Crippen LogP contribution < -0.4 is 5.32 Å². The molecule has 0 aromatic carbocycles. The van der Waals surface area contributed by atoms with Gasteiger partial charge in [-0.25, -0.2) is 0 Å². The van der Waals surface area contributed by atoms with Crippen molar-refractivity contribution in [2.75, 3.05) is 46.4 Å². The van der Waals surface area contributed by atoms with E-state index >= 15 is 0 Å². The molecule has 6 heteroatoms. The van der Waals surface area contributed by atoms with Gasteiger partial charge in [0.05, 0.1) is 32.0 Å². The summed E-state index contributed by atoms with van der Waals surface area (Å²) in [6.07, 6.45) is -0.260. The van der Waals surface area contributed by atoms with Crippen LogP contribution in [-0.4, -0.2) is 68.7 Å². The average Bonchev–Trinajstić information content (AvgIpc) is 2.92. The molecule has 2 N–H and O–H groups in total. The van der Waals surface area contributed by atoms with Gasteiger partial charge in [0, 0.05) is 31.1 Å². The van der Waals surface area contributed by atoms with Gasteiger partial charge < -0.3 is 24.8 Å². The molecule has 114 valence electrons. The van der Waals surface area contributed by atoms with Gasteiger partial charge in [0.15, 0.2) is 0 Å². The van der Waals surface area contributed by atoms with E-state index in [2.05, 4.69) is 17.3 Å². The lowest BCUT2D eigenvalue weighted by atomic mass is 10.2. The largest absolute Gasteiger partial charge is 0.389 e. The van der Waals surface area contributed by atoms with Crippen LogP contribution in [0.2, 0.25) is 0 Å². The van der Waals surface area contributed by atoms with Crippen molar-refractivity contribution >= 4 is 11.3 Å². The summed E-state index contributed by atoms with van der Waals surface area (Å²) < 4.78 is 11.1. The first-order valence-corrected chi connectivity index (χ1v) is 7.91. The Hall–Kier alpha value is -0.500. The van der Waals surface area contributed by atoms with Crippen LogP contribution in [0, 0.1) is 0 Å². The smallest absolute Gasteiger partial charge is 0.0897 e. The first-order valence-electron chi connectivity index (χ1n) is 7.03. The second-order valence-electron chi connectivity index (χ2n) is 5.16. The first-order chi connectivity index (χ1) is 9.74. The molecule has 0 unspecified atom stereocenters. The topological polar surface area (TPSA) is 54.0 Å². The standard InChI is InChI=1S/C14H24N2O3S/c1-16-4-5-19-13(9-16)8-15-7-12(17)10-18-11-14-3-2-6-20-14/h2-3,6,12-13,15,17H,4-5,7-11H2,1H3/t12-,13-/m0/s1. The SMILES string of the molecule is CN1CCO[C@@H](CNC[C@H](O)COCc2cccs2)C1. The van der Waals surface area contributed by atoms with Crippen molar-refractivity contribution in [3.63, 3.8) is 0 Å². The van der Waals surface area contributed by atoms with E-state index < -0.39 is 6.10 Å². The van der Waals surface area contributed by atoms with Crippen LogP contribution in [0.3, 0.4) is 0 Å². The fourth-order valence-corrected chi connectivity index (χ4v) is 2.79. The fraction of sp³-hybridized carbons (Fsp3) is 0.714. The van der Waals surface area contributed by atoms with E-state index in [1.54, 1.807) is 11.3 Å². The summed E-state index contributed by atoms with van der Waals surface area (Å²) in [4.78, 5) is 3.44. The van der Waals surface area contributed by atoms with Crippen molar-refractivity contribution < 1.29 is 14.6 Å². The highest BCUT2D eigenvalue weighted by Crippen LogP contribution is 2.09. The van der Waals surface area contributed by atoms with Crippen molar-refractivity contribution in [3.8, 4) is 0 Å². The third kappa shape index (κ3) is 5.87. The van der Waals surface area contributed by atoms with Gasteiger partial charge >= 0.3 is 0 Å². The van der Waals surface area contributed by atoms with Gasteiger partial charge in [-0.2, -0.15) is 0 Å². The highest BCUT2D eigenvalue weighted by molar-refractivity contribution is 7.09. The maximum absolute atomic E-state index is 9.82. The highest BCUT2D eigenvalue weighted by atomic mass is 32.1. The zero-order valence-electron chi connectivity index (χ0n) is 12.0. The normalized spacial score (nSPS) is 22.0. The molecule has 0 aliphatic carbocycles. The molecule has 0 saturated carbocycles. The molecule has 1 aliphatic rings. The third-order valence-corrected chi connectivity index (χ3v) is 4.08. The molecule has 0 bridgehead atoms. The quantitative estimate of drug-likeness (QED) is 0.734. The number of hydrogen-bond donors (Lipinski definition) is 2. The van der Waals surface area contributed by atoms with E-state index in [-0.39, 0.29) is 6.10 Å². The van der Waals surface area contributed by atoms with Crippen molar-refractivity contribution in [3.05, 3.63) is 22.4 Å². The van der Waals surface area contributed by atoms with E-state index in [0.717, 1.165) is 26.2 Å². The van der Waals surface area contributed by atoms with Crippen LogP contribution in [0.1, 0.15) is 4.88 Å². The van der Waals surface area contributed by atoms with Gasteiger partial charge in [-0.15, -0.1) is 11.3 Å². The number of hydrogen-bond acceptors (Lipinski definition) is 6. The number of ether oxygens (including phenoxy) is 2. The second kappa shape index (κ2) is 8.71. The molecule has 1 aromatic rings. The van der Waals surface area contributed by atoms with Gasteiger partial charge in [-0.05, 0) is 18.5 Å². The second-order valence-corrected chi connectivity index (χ2v) is 6.19. The lowest BCUT2D eigenvalue weighted by molar-refractivity contribution is -0.0211. The maximum Gasteiger partial charge on any atom is 0.0897 e. The van der Waals surface area contributed by atoms with Gasteiger partial charge in [-0.3, -0.25) is 0 Å². The Balaban J connectivity index is 1.50. The Labute approximate surface area is 124 Å². The summed E-state index contributed by atoms with van der Waals surface area (Å²) in [5.74, 6) is 0. The van der Waals surface area contributed by atoms with Gasteiger partial charge in [-0.1, -0.05) is 6.07 Å². The highest BCUT2D eigenvalue weighted by Gasteiger charge is 2.17. The maximum atomic E-state index is 9.82. The molecule has 0 amide bonds. The Kier molecular flexibility index (Phi) is 6.92. The molecular formula is C14H24N2O3S. The summed E-state index contributed by atoms with van der Waals surface area (Å²) in [7, 11) is 2.10. The van der Waals surface area contributed by atoms with Crippen molar-refractivity contribution in [1.29, 1.82) is 0 Å². The molecular weight excluding hydrogens is 276 g/mol. The lowest BCUT2D eigenvalue weighted by Gasteiger charge is -2.30. The third-order valence-electron chi connectivity index (χ3n) is 3.23. The zero-order chi connectivity index (χ0) is 14.2. The fourth-order valence-electron chi connectivity index (χ4n) is 2.15. The van der Waals surface area contributed by atoms with E-state index in [9.17, 15) is 5.11 Å². The van der Waals surface area contributed by atoms with Crippen LogP contribution in [0.4, 0.5) is 0 Å². The van der Waals surface area contributed by atoms with Crippen LogP contribution in [0.25, 0.3) is 0 Å². The van der Waals surface area contributed by atoms with Crippen LogP contribution >= 0.6 is 11.3 Å². The Bertz CT molecular complexity index is 361. The molecule has 2 atom stereocenters. The van der Waals surface area contributed by atoms with E-state index in [0.29, 0.717) is 19.8 Å². The molecule has 1 fully saturated rings. The van der Waals surface area contributed by atoms with Crippen molar-refractivity contribution in [2.24, 2.45) is 0 Å². The monoisotopic (exact) mass is 300 g/mol. The van der Waals surface area contributed by atoms with Crippen molar-refractivity contribution in [1.82, 2.24) is 10.2 Å². The summed E-state index contributed by atoms with van der Waals surface area (Å²) >= 11 is 1.67. The molecule has 5 nitrogen and oxygen atoms in total. The van der Waals surface area contributed by atoms with Gasteiger partial charge in [0.25, 0.3) is 0 Å². The summed E-state index contributed by atoms with van der Waals surface area (Å²) in [5.41, 5.74) is 0. The van der Waals surface area contributed by atoms with E-state index in [1.165, 1.54) is 4.88 Å². The summed E-state index contributed by atoms with van der Waals surface area (Å²) in [6, 6.07) is 4.04. The van der Waals surface area contributed by atoms with Crippen LogP contribution in [0.5, 0.6) is 0 Å². The van der Waals surface area contributed by atoms with Gasteiger partial charge in [0.2, 0.25) is 0 Å². The molecule has 0 spiro atoms. The molecule has 20 heavy (non-hydrogen) atoms. The lowest BCUT2D eigenvalue weighted by Crippen LogP contribution is -2.46. The number of likely N-dealkylation sites (N-methyl/N-ethyl adjacent to an activating group) is 1. The summed E-state index contributed by atoms with van der Waals surface area (Å²) in [6.45, 7) is 4.96. The number of aliphatic hydroxyl groups is 1. The van der Waals surface area contributed by atoms with E-state index in [4.69, 9.17) is 9.47 Å². The molecule has 1 saturated heterocycles. The minimum absolute atomic E-state index is 0.216. The van der Waals surface area contributed by atoms with E-state index in [1.807, 2.05) is 17.5 Å². The number of nitrogens with zero attached hydrogens (tertiary/aromatic N) is 1. The minimum atomic E-state index is -0.476. The Morgan fingerprint density at radius 3 is 3.30 bits per heavy atom. The number of thiophene rings is 1. The summed E-state index contributed by atoms with van der Waals surface area (Å²) in [5, 5.41) is 15.1. The van der Waals surface area contributed by atoms with Crippen molar-refractivity contribution in [2.45, 2.75) is 18.8 Å². The van der Waals surface area contributed by atoms with Crippen LogP contribution in [-0.2, 0) is 16.1 Å². The van der Waals surface area contributed by atoms with Gasteiger partial charge in [0.1, 0.15) is 0 Å². The average molecular weight is 300 g/mol. The predicted octanol–water partition coefficient (Wildman–Crippen LogP) is 0.546. The molecule has 0 radical (unpaired) electrons. The number of nitrogens with one attached hydrogen (secondary N) is 1. The molecule has 1 aliphatic heterocycles. The number of aliphatic hydroxyl groups excluding tert-OH is 1. The predicted molar refractivity (Wildman–Crippen MR) is 80.1 cm³/mol. The minimum Gasteiger partial charge on any atom is -0.389 e. The molecule has 2 heterocycles.